The van der Waals surface area contributed by atoms with E-state index in [1.54, 1.807) is 6.08 Å². The molecule has 0 aliphatic carbocycles. The summed E-state index contributed by atoms with van der Waals surface area (Å²) in [7, 11) is 0. The molecule has 0 amide bonds. The van der Waals surface area contributed by atoms with Gasteiger partial charge in [-0.05, 0) is 52.3 Å². The minimum atomic E-state index is -0.617. The maximum atomic E-state index is 10.9. The highest BCUT2D eigenvalue weighted by atomic mass is 79.9. The van der Waals surface area contributed by atoms with Crippen LogP contribution in [0, 0.1) is 5.41 Å². The number of hydroxylamine groups is 1. The summed E-state index contributed by atoms with van der Waals surface area (Å²) in [5.41, 5.74) is 7.19. The molecular formula is C16H16BrN5O2. The van der Waals surface area contributed by atoms with Crippen molar-refractivity contribution in [2.45, 2.75) is 6.92 Å². The molecule has 1 heterocycles. The zero-order valence-corrected chi connectivity index (χ0v) is 14.5. The lowest BCUT2D eigenvalue weighted by Crippen LogP contribution is -2.33. The Balaban J connectivity index is 2.15. The minimum Gasteiger partial charge on any atom is -0.366 e. The maximum absolute atomic E-state index is 10.9. The van der Waals surface area contributed by atoms with Gasteiger partial charge >= 0.3 is 5.97 Å². The number of guanidine groups is 1. The van der Waals surface area contributed by atoms with E-state index in [4.69, 9.17) is 11.1 Å². The largest absolute Gasteiger partial charge is 0.366 e. The molecule has 0 spiro atoms. The number of nitrogens with two attached hydrogens (primary N) is 1. The van der Waals surface area contributed by atoms with Crippen LogP contribution in [0.15, 0.2) is 58.2 Å². The van der Waals surface area contributed by atoms with Crippen LogP contribution in [0.5, 0.6) is 0 Å². The number of carbonyl (C=O) groups excluding carboxylic acids is 1. The average molecular weight is 390 g/mol. The average Bonchev–Trinajstić information content (AvgIpc) is 2.98. The summed E-state index contributed by atoms with van der Waals surface area (Å²) in [6.45, 7) is 1.20. The molecule has 7 nitrogen and oxygen atoms in total. The van der Waals surface area contributed by atoms with E-state index in [0.717, 1.165) is 15.9 Å². The first-order valence-corrected chi connectivity index (χ1v) is 7.74. The Labute approximate surface area is 147 Å². The SMILES string of the molecule is CC(=O)ON(/N=C/C=C/c1cccn1-c1ccccc1Br)C(=N)N. The molecule has 0 aliphatic heterocycles. The molecular weight excluding hydrogens is 374 g/mol. The quantitative estimate of drug-likeness (QED) is 0.477. The molecule has 0 unspecified atom stereocenters. The summed E-state index contributed by atoms with van der Waals surface area (Å²) >= 11 is 3.53. The summed E-state index contributed by atoms with van der Waals surface area (Å²) in [6, 6.07) is 11.7. The number of rotatable bonds is 4. The van der Waals surface area contributed by atoms with Crippen LogP contribution >= 0.6 is 15.9 Å². The predicted octanol–water partition coefficient (Wildman–Crippen LogP) is 2.91. The number of hydrazone groups is 1. The standard InChI is InChI=1S/C16H16BrN5O2/c1-12(23)24-22(16(18)19)20-10-4-6-13-7-5-11-21(13)15-9-3-2-8-14(15)17/h2-11H,1H3,(H3,18,19)/b6-4+,20-10+. The normalized spacial score (nSPS) is 11.1. The Morgan fingerprint density at radius 3 is 2.79 bits per heavy atom. The van der Waals surface area contributed by atoms with Crippen LogP contribution in [-0.4, -0.2) is 27.9 Å². The maximum Gasteiger partial charge on any atom is 0.332 e. The molecule has 124 valence electrons. The smallest absolute Gasteiger partial charge is 0.332 e. The van der Waals surface area contributed by atoms with Crippen molar-refractivity contribution in [1.82, 2.24) is 9.74 Å². The molecule has 0 radical (unpaired) electrons. The molecule has 1 aromatic heterocycles. The van der Waals surface area contributed by atoms with Gasteiger partial charge in [0.05, 0.1) is 11.9 Å². The molecule has 24 heavy (non-hydrogen) atoms. The molecule has 3 N–H and O–H groups in total. The predicted molar refractivity (Wildman–Crippen MR) is 96.5 cm³/mol. The monoisotopic (exact) mass is 389 g/mol. The van der Waals surface area contributed by atoms with Crippen LogP contribution < -0.4 is 5.73 Å². The van der Waals surface area contributed by atoms with Gasteiger partial charge in [0, 0.05) is 23.3 Å². The van der Waals surface area contributed by atoms with Crippen LogP contribution in [-0.2, 0) is 9.63 Å². The number of para-hydroxylation sites is 1. The number of hydrogen-bond donors (Lipinski definition) is 2. The van der Waals surface area contributed by atoms with Gasteiger partial charge < -0.3 is 15.1 Å². The van der Waals surface area contributed by atoms with Gasteiger partial charge in [0.2, 0.25) is 5.96 Å². The first kappa shape index (κ1) is 17.5. The van der Waals surface area contributed by atoms with Gasteiger partial charge in [0.1, 0.15) is 0 Å². The first-order chi connectivity index (χ1) is 11.5. The van der Waals surface area contributed by atoms with Crippen molar-refractivity contribution >= 4 is 40.1 Å². The van der Waals surface area contributed by atoms with Gasteiger partial charge in [-0.15, -0.1) is 5.10 Å². The summed E-state index contributed by atoms with van der Waals surface area (Å²) in [5.74, 6) is -1.11. The van der Waals surface area contributed by atoms with Crippen LogP contribution in [0.4, 0.5) is 0 Å². The summed E-state index contributed by atoms with van der Waals surface area (Å²) < 4.78 is 2.98. The summed E-state index contributed by atoms with van der Waals surface area (Å²) in [4.78, 5) is 15.6. The van der Waals surface area contributed by atoms with Crippen LogP contribution in [0.1, 0.15) is 12.6 Å². The molecule has 2 rings (SSSR count). The van der Waals surface area contributed by atoms with Gasteiger partial charge in [-0.1, -0.05) is 17.3 Å². The Kier molecular flexibility index (Phi) is 5.91. The lowest BCUT2D eigenvalue weighted by Gasteiger charge is -2.12. The number of allylic oxidation sites excluding steroid dienone is 1. The molecule has 0 fully saturated rings. The fourth-order valence-electron chi connectivity index (χ4n) is 1.89. The first-order valence-electron chi connectivity index (χ1n) is 6.94. The molecule has 8 heteroatoms. The van der Waals surface area contributed by atoms with Crippen LogP contribution in [0.3, 0.4) is 0 Å². The highest BCUT2D eigenvalue weighted by molar-refractivity contribution is 9.10. The van der Waals surface area contributed by atoms with Crippen molar-refractivity contribution in [3.8, 4) is 5.69 Å². The zero-order chi connectivity index (χ0) is 17.5. The number of hydrogen-bond acceptors (Lipinski definition) is 4. The van der Waals surface area contributed by atoms with Gasteiger partial charge in [0.15, 0.2) is 0 Å². The van der Waals surface area contributed by atoms with Crippen molar-refractivity contribution in [3.05, 3.63) is 58.8 Å². The van der Waals surface area contributed by atoms with E-state index in [1.807, 2.05) is 53.2 Å². The fourth-order valence-corrected chi connectivity index (χ4v) is 2.37. The van der Waals surface area contributed by atoms with Gasteiger partial charge in [-0.2, -0.15) is 0 Å². The van der Waals surface area contributed by atoms with Crippen LogP contribution in [0.2, 0.25) is 0 Å². The molecule has 2 aromatic rings. The number of nitrogens with zero attached hydrogens (tertiary/aromatic N) is 3. The molecule has 0 saturated carbocycles. The van der Waals surface area contributed by atoms with Crippen molar-refractivity contribution in [2.24, 2.45) is 10.8 Å². The van der Waals surface area contributed by atoms with E-state index in [2.05, 4.69) is 25.9 Å². The van der Waals surface area contributed by atoms with Crippen LogP contribution in [0.25, 0.3) is 11.8 Å². The third-order valence-electron chi connectivity index (χ3n) is 2.84. The van der Waals surface area contributed by atoms with E-state index >= 15 is 0 Å². The van der Waals surface area contributed by atoms with Gasteiger partial charge in [-0.3, -0.25) is 5.41 Å². The molecule has 0 aliphatic rings. The molecule has 0 atom stereocenters. The van der Waals surface area contributed by atoms with Gasteiger partial charge in [-0.25, -0.2) is 4.79 Å². The third-order valence-corrected chi connectivity index (χ3v) is 3.51. The number of halogens is 1. The van der Waals surface area contributed by atoms with E-state index in [-0.39, 0.29) is 0 Å². The molecule has 1 aromatic carbocycles. The highest BCUT2D eigenvalue weighted by Gasteiger charge is 2.07. The van der Waals surface area contributed by atoms with E-state index < -0.39 is 11.9 Å². The summed E-state index contributed by atoms with van der Waals surface area (Å²) in [6.07, 6.45) is 6.80. The van der Waals surface area contributed by atoms with E-state index in [1.165, 1.54) is 13.1 Å². The fraction of sp³-hybridized carbons (Fsp3) is 0.0625. The number of aromatic nitrogens is 1. The zero-order valence-electron chi connectivity index (χ0n) is 12.9. The summed E-state index contributed by atoms with van der Waals surface area (Å²) in [5, 5.41) is 11.7. The van der Waals surface area contributed by atoms with E-state index in [0.29, 0.717) is 5.17 Å². The highest BCUT2D eigenvalue weighted by Crippen LogP contribution is 2.22. The Bertz CT molecular complexity index is 797. The topological polar surface area (TPSA) is 96.7 Å². The van der Waals surface area contributed by atoms with E-state index in [9.17, 15) is 4.79 Å². The molecule has 0 saturated heterocycles. The number of carbonyl (C=O) groups is 1. The second-order valence-electron chi connectivity index (χ2n) is 4.62. The Morgan fingerprint density at radius 1 is 1.38 bits per heavy atom. The minimum absolute atomic E-state index is 0.494. The van der Waals surface area contributed by atoms with Crippen molar-refractivity contribution in [1.29, 1.82) is 5.41 Å². The Hall–Kier alpha value is -2.87. The lowest BCUT2D eigenvalue weighted by molar-refractivity contribution is -0.170. The second kappa shape index (κ2) is 8.11. The van der Waals surface area contributed by atoms with Gasteiger partial charge in [0.25, 0.3) is 0 Å². The van der Waals surface area contributed by atoms with Crippen molar-refractivity contribution in [2.75, 3.05) is 0 Å². The lowest BCUT2D eigenvalue weighted by atomic mass is 10.3. The number of nitrogens with one attached hydrogen (secondary N) is 1. The third kappa shape index (κ3) is 4.56. The van der Waals surface area contributed by atoms with Crippen molar-refractivity contribution in [3.63, 3.8) is 0 Å². The van der Waals surface area contributed by atoms with Crippen molar-refractivity contribution < 1.29 is 9.63 Å². The second-order valence-corrected chi connectivity index (χ2v) is 5.47. The number of benzene rings is 1. The Morgan fingerprint density at radius 2 is 2.12 bits per heavy atom. The molecule has 0 bridgehead atoms.